The van der Waals surface area contributed by atoms with Crippen molar-refractivity contribution < 1.29 is 28.6 Å². The number of carbonyl (C=O) groups is 3. The van der Waals surface area contributed by atoms with E-state index in [0.29, 0.717) is 5.57 Å². The first-order chi connectivity index (χ1) is 13.3. The van der Waals surface area contributed by atoms with Crippen molar-refractivity contribution in [2.24, 2.45) is 5.41 Å². The van der Waals surface area contributed by atoms with Crippen molar-refractivity contribution in [3.05, 3.63) is 54.6 Å². The lowest BCUT2D eigenvalue weighted by atomic mass is 9.75. The lowest BCUT2D eigenvalue weighted by Gasteiger charge is -2.30. The van der Waals surface area contributed by atoms with Gasteiger partial charge in [0.05, 0.1) is 19.8 Å². The summed E-state index contributed by atoms with van der Waals surface area (Å²) in [7, 11) is 0. The van der Waals surface area contributed by atoms with Crippen molar-refractivity contribution in [2.45, 2.75) is 33.6 Å². The third kappa shape index (κ3) is 5.81. The summed E-state index contributed by atoms with van der Waals surface area (Å²) in [6.45, 7) is 13.0. The summed E-state index contributed by atoms with van der Waals surface area (Å²) >= 11 is 0. The number of carbonyl (C=O) groups excluding carboxylic acids is 3. The van der Waals surface area contributed by atoms with Crippen LogP contribution in [-0.4, -0.2) is 37.7 Å². The van der Waals surface area contributed by atoms with Crippen LogP contribution in [0.3, 0.4) is 0 Å². The van der Waals surface area contributed by atoms with Gasteiger partial charge in [0.2, 0.25) is 0 Å². The van der Waals surface area contributed by atoms with Crippen LogP contribution in [0.4, 0.5) is 0 Å². The molecule has 28 heavy (non-hydrogen) atoms. The molecule has 6 heteroatoms. The van der Waals surface area contributed by atoms with E-state index in [-0.39, 0.29) is 38.2 Å². The minimum Gasteiger partial charge on any atom is -0.465 e. The van der Waals surface area contributed by atoms with E-state index in [2.05, 4.69) is 13.2 Å². The molecule has 1 rings (SSSR count). The molecule has 0 aliphatic heterocycles. The van der Waals surface area contributed by atoms with Crippen LogP contribution in [0.5, 0.6) is 0 Å². The minimum absolute atomic E-state index is 0.0104. The molecule has 0 spiro atoms. The first-order valence-corrected chi connectivity index (χ1v) is 9.24. The Morgan fingerprint density at radius 1 is 0.821 bits per heavy atom. The van der Waals surface area contributed by atoms with E-state index in [4.69, 9.17) is 14.2 Å². The van der Waals surface area contributed by atoms with E-state index < -0.39 is 23.3 Å². The van der Waals surface area contributed by atoms with Crippen LogP contribution < -0.4 is 0 Å². The Labute approximate surface area is 166 Å². The summed E-state index contributed by atoms with van der Waals surface area (Å²) in [5.74, 6) is -2.24. The highest BCUT2D eigenvalue weighted by atomic mass is 16.6. The molecule has 0 bridgehead atoms. The molecule has 0 saturated carbocycles. The van der Waals surface area contributed by atoms with Gasteiger partial charge in [-0.2, -0.15) is 0 Å². The van der Waals surface area contributed by atoms with Crippen LogP contribution in [0.15, 0.2) is 49.1 Å². The molecular weight excluding hydrogens is 360 g/mol. The lowest BCUT2D eigenvalue weighted by Crippen LogP contribution is -2.43. The predicted molar refractivity (Wildman–Crippen MR) is 106 cm³/mol. The van der Waals surface area contributed by atoms with Gasteiger partial charge in [-0.1, -0.05) is 43.5 Å². The Kier molecular flexibility index (Phi) is 9.15. The van der Waals surface area contributed by atoms with Gasteiger partial charge in [-0.3, -0.25) is 9.59 Å². The second-order valence-corrected chi connectivity index (χ2v) is 6.17. The summed E-state index contributed by atoms with van der Waals surface area (Å²) in [5, 5.41) is 0. The van der Waals surface area contributed by atoms with Crippen molar-refractivity contribution in [2.75, 3.05) is 19.8 Å². The highest BCUT2D eigenvalue weighted by Crippen LogP contribution is 2.39. The van der Waals surface area contributed by atoms with E-state index in [1.54, 1.807) is 20.8 Å². The van der Waals surface area contributed by atoms with Crippen molar-refractivity contribution >= 4 is 23.5 Å². The second-order valence-electron chi connectivity index (χ2n) is 6.17. The molecule has 1 aromatic rings. The maximum atomic E-state index is 12.9. The van der Waals surface area contributed by atoms with E-state index in [0.717, 1.165) is 5.56 Å². The fourth-order valence-electron chi connectivity index (χ4n) is 2.78. The summed E-state index contributed by atoms with van der Waals surface area (Å²) in [6.07, 6.45) is -0.359. The van der Waals surface area contributed by atoms with Gasteiger partial charge in [0, 0.05) is 12.0 Å². The van der Waals surface area contributed by atoms with Gasteiger partial charge >= 0.3 is 17.9 Å². The lowest BCUT2D eigenvalue weighted by molar-refractivity contribution is -0.171. The van der Waals surface area contributed by atoms with Crippen LogP contribution in [0, 0.1) is 5.41 Å². The number of hydrogen-bond donors (Lipinski definition) is 0. The quantitative estimate of drug-likeness (QED) is 0.249. The number of benzene rings is 1. The van der Waals surface area contributed by atoms with Gasteiger partial charge < -0.3 is 14.2 Å². The monoisotopic (exact) mass is 388 g/mol. The van der Waals surface area contributed by atoms with Crippen LogP contribution in [0.1, 0.15) is 39.2 Å². The fraction of sp³-hybridized carbons (Fsp3) is 0.409. The zero-order valence-corrected chi connectivity index (χ0v) is 16.8. The molecule has 0 saturated heterocycles. The molecule has 0 amide bonds. The second kappa shape index (κ2) is 11.1. The predicted octanol–water partition coefficient (Wildman–Crippen LogP) is 3.71. The highest BCUT2D eigenvalue weighted by molar-refractivity contribution is 6.03. The van der Waals surface area contributed by atoms with E-state index in [9.17, 15) is 14.4 Å². The van der Waals surface area contributed by atoms with Crippen LogP contribution in [-0.2, 0) is 28.6 Å². The number of allylic oxidation sites excluding steroid dienone is 1. The Hall–Kier alpha value is -2.89. The Balaban J connectivity index is 3.35. The fourth-order valence-corrected chi connectivity index (χ4v) is 2.78. The van der Waals surface area contributed by atoms with Gasteiger partial charge in [0.1, 0.15) is 0 Å². The van der Waals surface area contributed by atoms with Crippen molar-refractivity contribution in [3.8, 4) is 0 Å². The molecule has 0 fully saturated rings. The molecule has 0 heterocycles. The summed E-state index contributed by atoms with van der Waals surface area (Å²) in [4.78, 5) is 37.9. The Morgan fingerprint density at radius 2 is 1.32 bits per heavy atom. The third-order valence-electron chi connectivity index (χ3n) is 4.11. The minimum atomic E-state index is -1.78. The first kappa shape index (κ1) is 23.1. The summed E-state index contributed by atoms with van der Waals surface area (Å²) in [5.41, 5.74) is -0.479. The van der Waals surface area contributed by atoms with Crippen LogP contribution in [0.2, 0.25) is 0 Å². The third-order valence-corrected chi connectivity index (χ3v) is 4.11. The van der Waals surface area contributed by atoms with Gasteiger partial charge in [0.15, 0.2) is 5.41 Å². The van der Waals surface area contributed by atoms with Crippen LogP contribution >= 0.6 is 0 Å². The zero-order chi connectivity index (χ0) is 21.2. The largest absolute Gasteiger partial charge is 0.465 e. The number of ether oxygens (including phenoxy) is 3. The summed E-state index contributed by atoms with van der Waals surface area (Å²) < 4.78 is 15.3. The molecule has 0 aliphatic rings. The van der Waals surface area contributed by atoms with E-state index in [1.807, 2.05) is 30.3 Å². The molecule has 0 aliphatic carbocycles. The van der Waals surface area contributed by atoms with Gasteiger partial charge in [-0.15, -0.1) is 0 Å². The molecule has 0 atom stereocenters. The zero-order valence-electron chi connectivity index (χ0n) is 16.8. The van der Waals surface area contributed by atoms with Crippen molar-refractivity contribution in [1.82, 2.24) is 0 Å². The Morgan fingerprint density at radius 3 is 1.79 bits per heavy atom. The number of hydrogen-bond acceptors (Lipinski definition) is 6. The van der Waals surface area contributed by atoms with Crippen molar-refractivity contribution in [3.63, 3.8) is 0 Å². The average molecular weight is 388 g/mol. The van der Waals surface area contributed by atoms with Gasteiger partial charge in [-0.25, -0.2) is 4.79 Å². The smallest absolute Gasteiger partial charge is 0.333 e. The highest BCUT2D eigenvalue weighted by Gasteiger charge is 2.50. The van der Waals surface area contributed by atoms with Crippen LogP contribution in [0.25, 0.3) is 5.57 Å². The molecule has 1 aromatic carbocycles. The molecule has 0 aromatic heterocycles. The number of rotatable bonds is 11. The van der Waals surface area contributed by atoms with Gasteiger partial charge in [0.25, 0.3) is 0 Å². The Bertz CT molecular complexity index is 702. The average Bonchev–Trinajstić information content (AvgIpc) is 2.68. The maximum absolute atomic E-state index is 12.9. The van der Waals surface area contributed by atoms with E-state index in [1.165, 1.54) is 0 Å². The van der Waals surface area contributed by atoms with Crippen molar-refractivity contribution in [1.29, 1.82) is 0 Å². The number of esters is 3. The maximum Gasteiger partial charge on any atom is 0.333 e. The first-order valence-electron chi connectivity index (χ1n) is 9.24. The topological polar surface area (TPSA) is 78.9 Å². The molecular formula is C22H28O6. The molecule has 152 valence electrons. The SMILES string of the molecule is C=C(CC(CC(=C)c1ccccc1)(C(=O)OCC)C(=O)OCC)C(=O)OCC. The summed E-state index contributed by atoms with van der Waals surface area (Å²) in [6, 6.07) is 9.15. The molecule has 6 nitrogen and oxygen atoms in total. The van der Waals surface area contributed by atoms with E-state index >= 15 is 0 Å². The standard InChI is InChI=1S/C22H28O6/c1-6-26-19(23)17(5)15-22(20(24)27-7-2,21(25)28-8-3)14-16(4)18-12-10-9-11-13-18/h9-13H,4-8,14-15H2,1-3H3. The molecule has 0 unspecified atom stereocenters. The normalized spacial score (nSPS) is 10.7. The molecule has 0 N–H and O–H groups in total. The molecule has 0 radical (unpaired) electrons. The van der Waals surface area contributed by atoms with Gasteiger partial charge in [-0.05, 0) is 38.3 Å².